The topological polar surface area (TPSA) is 94.9 Å². The zero-order valence-corrected chi connectivity index (χ0v) is 17.2. The molecule has 2 aromatic rings. The first-order chi connectivity index (χ1) is 14.6. The quantitative estimate of drug-likeness (QED) is 0.737. The third-order valence-corrected chi connectivity index (χ3v) is 5.40. The van der Waals surface area contributed by atoms with Crippen LogP contribution in [0.2, 0.25) is 0 Å². The fraction of sp³-hybridized carbons (Fsp3) is 0.476. The number of carbonyl (C=O) groups excluding carboxylic acids is 2. The zero-order valence-electron chi connectivity index (χ0n) is 17.2. The van der Waals surface area contributed by atoms with E-state index in [9.17, 15) is 9.59 Å². The van der Waals surface area contributed by atoms with Crippen molar-refractivity contribution in [3.8, 4) is 11.5 Å². The first kappa shape index (κ1) is 20.2. The standard InChI is InChI=1S/C21H26N4O5/c1-28-16-8-14(9-17(10-16)29-2)13-24-5-6-25-19(21(24)27)11-18(23-25)20(26)22-12-15-4-3-7-30-15/h8-11,15H,3-7,12-13H2,1-2H3,(H,22,26). The monoisotopic (exact) mass is 414 g/mol. The van der Waals surface area contributed by atoms with E-state index in [4.69, 9.17) is 14.2 Å². The Kier molecular flexibility index (Phi) is 5.89. The van der Waals surface area contributed by atoms with Crippen LogP contribution in [0.5, 0.6) is 11.5 Å². The van der Waals surface area contributed by atoms with Crippen LogP contribution in [0.4, 0.5) is 0 Å². The number of fused-ring (bicyclic) bond motifs is 1. The van der Waals surface area contributed by atoms with Crippen molar-refractivity contribution in [1.82, 2.24) is 20.0 Å². The van der Waals surface area contributed by atoms with Crippen LogP contribution in [0.15, 0.2) is 24.3 Å². The summed E-state index contributed by atoms with van der Waals surface area (Å²) in [5.74, 6) is 0.895. The predicted octanol–water partition coefficient (Wildman–Crippen LogP) is 1.47. The maximum atomic E-state index is 13.0. The molecule has 1 saturated heterocycles. The van der Waals surface area contributed by atoms with Gasteiger partial charge in [0, 0.05) is 38.4 Å². The fourth-order valence-electron chi connectivity index (χ4n) is 3.78. The number of nitrogens with zero attached hydrogens (tertiary/aromatic N) is 3. The highest BCUT2D eigenvalue weighted by molar-refractivity contribution is 5.98. The van der Waals surface area contributed by atoms with Crippen molar-refractivity contribution >= 4 is 11.8 Å². The van der Waals surface area contributed by atoms with Crippen molar-refractivity contribution in [1.29, 1.82) is 0 Å². The summed E-state index contributed by atoms with van der Waals surface area (Å²) in [6, 6.07) is 7.11. The van der Waals surface area contributed by atoms with E-state index < -0.39 is 0 Å². The average molecular weight is 414 g/mol. The van der Waals surface area contributed by atoms with Gasteiger partial charge in [0.1, 0.15) is 17.2 Å². The number of hydrogen-bond acceptors (Lipinski definition) is 6. The second kappa shape index (κ2) is 8.74. The van der Waals surface area contributed by atoms with Crippen LogP contribution >= 0.6 is 0 Å². The normalized spacial score (nSPS) is 18.3. The van der Waals surface area contributed by atoms with Crippen molar-refractivity contribution in [3.05, 3.63) is 41.2 Å². The van der Waals surface area contributed by atoms with Gasteiger partial charge in [0.05, 0.1) is 26.9 Å². The molecule has 1 aromatic carbocycles. The zero-order chi connectivity index (χ0) is 21.1. The molecule has 3 heterocycles. The molecule has 1 atom stereocenters. The minimum absolute atomic E-state index is 0.0585. The molecule has 1 aromatic heterocycles. The molecule has 0 bridgehead atoms. The van der Waals surface area contributed by atoms with Crippen molar-refractivity contribution in [2.24, 2.45) is 0 Å². The molecule has 4 rings (SSSR count). The molecule has 9 nitrogen and oxygen atoms in total. The minimum Gasteiger partial charge on any atom is -0.497 e. The smallest absolute Gasteiger partial charge is 0.272 e. The average Bonchev–Trinajstić information content (AvgIpc) is 3.44. The van der Waals surface area contributed by atoms with Crippen molar-refractivity contribution in [3.63, 3.8) is 0 Å². The van der Waals surface area contributed by atoms with Gasteiger partial charge in [-0.1, -0.05) is 0 Å². The second-order valence-electron chi connectivity index (χ2n) is 7.43. The number of carbonyl (C=O) groups is 2. The second-order valence-corrected chi connectivity index (χ2v) is 7.43. The Morgan fingerprint density at radius 1 is 1.20 bits per heavy atom. The van der Waals surface area contributed by atoms with Gasteiger partial charge in [-0.3, -0.25) is 14.3 Å². The Morgan fingerprint density at radius 2 is 1.97 bits per heavy atom. The van der Waals surface area contributed by atoms with Gasteiger partial charge in [0.2, 0.25) is 0 Å². The first-order valence-corrected chi connectivity index (χ1v) is 10.1. The lowest BCUT2D eigenvalue weighted by atomic mass is 10.1. The highest BCUT2D eigenvalue weighted by atomic mass is 16.5. The van der Waals surface area contributed by atoms with Crippen LogP contribution < -0.4 is 14.8 Å². The molecule has 0 radical (unpaired) electrons. The third kappa shape index (κ3) is 4.25. The maximum Gasteiger partial charge on any atom is 0.272 e. The largest absolute Gasteiger partial charge is 0.497 e. The summed E-state index contributed by atoms with van der Waals surface area (Å²) in [6.07, 6.45) is 2.02. The summed E-state index contributed by atoms with van der Waals surface area (Å²) in [5.41, 5.74) is 1.57. The summed E-state index contributed by atoms with van der Waals surface area (Å²) >= 11 is 0. The summed E-state index contributed by atoms with van der Waals surface area (Å²) < 4.78 is 17.7. The number of ether oxygens (including phenoxy) is 3. The van der Waals surface area contributed by atoms with Crippen LogP contribution in [0.25, 0.3) is 0 Å². The number of hydrogen-bond donors (Lipinski definition) is 1. The van der Waals surface area contributed by atoms with E-state index in [1.165, 1.54) is 0 Å². The molecule has 2 amide bonds. The Labute approximate surface area is 174 Å². The summed E-state index contributed by atoms with van der Waals surface area (Å²) in [6.45, 7) is 2.64. The Hall–Kier alpha value is -3.07. The van der Waals surface area contributed by atoms with E-state index >= 15 is 0 Å². The lowest BCUT2D eigenvalue weighted by molar-refractivity contribution is 0.0682. The molecule has 9 heteroatoms. The van der Waals surface area contributed by atoms with Gasteiger partial charge in [-0.25, -0.2) is 0 Å². The lowest BCUT2D eigenvalue weighted by Gasteiger charge is -2.27. The summed E-state index contributed by atoms with van der Waals surface area (Å²) in [7, 11) is 3.18. The molecule has 1 fully saturated rings. The van der Waals surface area contributed by atoms with Crippen LogP contribution in [0.1, 0.15) is 39.4 Å². The van der Waals surface area contributed by atoms with E-state index in [1.807, 2.05) is 12.1 Å². The van der Waals surface area contributed by atoms with E-state index in [0.29, 0.717) is 43.4 Å². The molecule has 1 unspecified atom stereocenters. The number of nitrogens with one attached hydrogen (secondary N) is 1. The van der Waals surface area contributed by atoms with E-state index in [-0.39, 0.29) is 23.6 Å². The number of rotatable bonds is 7. The van der Waals surface area contributed by atoms with Crippen molar-refractivity contribution in [2.75, 3.05) is 33.9 Å². The maximum absolute atomic E-state index is 13.0. The van der Waals surface area contributed by atoms with Crippen LogP contribution in [0, 0.1) is 0 Å². The molecule has 0 saturated carbocycles. The number of amides is 2. The van der Waals surface area contributed by atoms with Gasteiger partial charge in [-0.15, -0.1) is 0 Å². The molecular weight excluding hydrogens is 388 g/mol. The van der Waals surface area contributed by atoms with Crippen LogP contribution in [-0.2, 0) is 17.8 Å². The fourth-order valence-corrected chi connectivity index (χ4v) is 3.78. The summed E-state index contributed by atoms with van der Waals surface area (Å²) in [4.78, 5) is 27.2. The molecule has 2 aliphatic heterocycles. The van der Waals surface area contributed by atoms with Gasteiger partial charge in [-0.05, 0) is 30.5 Å². The van der Waals surface area contributed by atoms with Crippen molar-refractivity contribution in [2.45, 2.75) is 32.0 Å². The molecule has 160 valence electrons. The summed E-state index contributed by atoms with van der Waals surface area (Å²) in [5, 5.41) is 7.17. The highest BCUT2D eigenvalue weighted by Crippen LogP contribution is 2.25. The number of methoxy groups -OCH3 is 2. The van der Waals surface area contributed by atoms with Crippen molar-refractivity contribution < 1.29 is 23.8 Å². The van der Waals surface area contributed by atoms with Gasteiger partial charge in [0.15, 0.2) is 5.69 Å². The number of aromatic nitrogens is 2. The predicted molar refractivity (Wildman–Crippen MR) is 108 cm³/mol. The van der Waals surface area contributed by atoms with Crippen LogP contribution in [-0.4, -0.2) is 66.5 Å². The molecule has 0 spiro atoms. The molecule has 0 aliphatic carbocycles. The van der Waals surface area contributed by atoms with E-state index in [2.05, 4.69) is 10.4 Å². The Morgan fingerprint density at radius 3 is 2.63 bits per heavy atom. The van der Waals surface area contributed by atoms with Gasteiger partial charge < -0.3 is 24.4 Å². The van der Waals surface area contributed by atoms with Gasteiger partial charge in [0.25, 0.3) is 11.8 Å². The Bertz CT molecular complexity index is 913. The molecular formula is C21H26N4O5. The minimum atomic E-state index is -0.288. The van der Waals surface area contributed by atoms with Gasteiger partial charge in [-0.2, -0.15) is 5.10 Å². The number of benzene rings is 1. The van der Waals surface area contributed by atoms with Gasteiger partial charge >= 0.3 is 0 Å². The van der Waals surface area contributed by atoms with E-state index in [0.717, 1.165) is 25.0 Å². The molecule has 2 aliphatic rings. The third-order valence-electron chi connectivity index (χ3n) is 5.40. The van der Waals surface area contributed by atoms with E-state index in [1.54, 1.807) is 35.9 Å². The first-order valence-electron chi connectivity index (χ1n) is 10.1. The highest BCUT2D eigenvalue weighted by Gasteiger charge is 2.28. The molecule has 30 heavy (non-hydrogen) atoms. The molecule has 1 N–H and O–H groups in total. The Balaban J connectivity index is 1.44. The lowest BCUT2D eigenvalue weighted by Crippen LogP contribution is -2.39. The SMILES string of the molecule is COc1cc(CN2CCn3nc(C(=O)NCC4CCCO4)cc3C2=O)cc(OC)c1. The van der Waals surface area contributed by atoms with Crippen LogP contribution in [0.3, 0.4) is 0 Å².